The summed E-state index contributed by atoms with van der Waals surface area (Å²) in [5.74, 6) is 2.83. The molecule has 2 aliphatic carbocycles. The van der Waals surface area contributed by atoms with Crippen LogP contribution >= 0.6 is 0 Å². The number of carboxylic acids is 1. The lowest BCUT2D eigenvalue weighted by Crippen LogP contribution is -2.35. The van der Waals surface area contributed by atoms with Crippen molar-refractivity contribution in [3.8, 4) is 22.6 Å². The number of anilines is 1. The molecule has 0 aromatic heterocycles. The summed E-state index contributed by atoms with van der Waals surface area (Å²) in [6.45, 7) is 2.66. The Morgan fingerprint density at radius 1 is 0.881 bits per heavy atom. The quantitative estimate of drug-likeness (QED) is 0.251. The first-order valence-corrected chi connectivity index (χ1v) is 16.0. The Labute approximate surface area is 250 Å². The summed E-state index contributed by atoms with van der Waals surface area (Å²) >= 11 is 0. The average Bonchev–Trinajstić information content (AvgIpc) is 3.89. The molecule has 1 atom stereocenters. The molecule has 222 valence electrons. The summed E-state index contributed by atoms with van der Waals surface area (Å²) in [4.78, 5) is 13.9. The number of methoxy groups -OCH3 is 1. The van der Waals surface area contributed by atoms with Gasteiger partial charge in [0, 0.05) is 30.4 Å². The first kappa shape index (κ1) is 28.6. The molecule has 0 bridgehead atoms. The van der Waals surface area contributed by atoms with E-state index in [1.165, 1.54) is 54.5 Å². The fourth-order valence-corrected chi connectivity index (χ4v) is 7.15. The molecule has 42 heavy (non-hydrogen) atoms. The molecular formula is C37H45NO4. The number of hydrogen-bond donors (Lipinski definition) is 1. The number of carboxylic acid groups (broad SMARTS) is 1. The monoisotopic (exact) mass is 567 g/mol. The molecule has 3 aromatic rings. The van der Waals surface area contributed by atoms with E-state index in [9.17, 15) is 9.90 Å². The van der Waals surface area contributed by atoms with Gasteiger partial charge >= 0.3 is 5.97 Å². The predicted octanol–water partition coefficient (Wildman–Crippen LogP) is 8.67. The minimum Gasteiger partial charge on any atom is -0.497 e. The summed E-state index contributed by atoms with van der Waals surface area (Å²) in [5, 5.41) is 9.40. The first-order chi connectivity index (χ1) is 20.6. The van der Waals surface area contributed by atoms with Crippen molar-refractivity contribution in [1.29, 1.82) is 0 Å². The number of ether oxygens (including phenoxy) is 2. The molecule has 3 fully saturated rings. The van der Waals surface area contributed by atoms with E-state index >= 15 is 0 Å². The minimum absolute atomic E-state index is 0.0924. The maximum Gasteiger partial charge on any atom is 0.303 e. The highest BCUT2D eigenvalue weighted by molar-refractivity contribution is 5.80. The van der Waals surface area contributed by atoms with Crippen LogP contribution in [0, 0.1) is 11.8 Å². The van der Waals surface area contributed by atoms with Crippen molar-refractivity contribution >= 4 is 11.7 Å². The van der Waals surface area contributed by atoms with Crippen LogP contribution in [0.25, 0.3) is 11.1 Å². The van der Waals surface area contributed by atoms with Gasteiger partial charge < -0.3 is 19.5 Å². The van der Waals surface area contributed by atoms with Gasteiger partial charge in [0.05, 0.1) is 20.1 Å². The molecule has 3 aliphatic rings. The topological polar surface area (TPSA) is 59.0 Å². The second kappa shape index (κ2) is 13.2. The van der Waals surface area contributed by atoms with Gasteiger partial charge in [0.25, 0.3) is 0 Å². The molecule has 1 heterocycles. The van der Waals surface area contributed by atoms with Gasteiger partial charge in [-0.15, -0.1) is 0 Å². The van der Waals surface area contributed by atoms with Gasteiger partial charge in [-0.05, 0) is 103 Å². The Kier molecular flexibility index (Phi) is 9.02. The Morgan fingerprint density at radius 2 is 1.64 bits per heavy atom. The number of carbonyl (C=O) groups is 1. The van der Waals surface area contributed by atoms with Crippen molar-refractivity contribution < 1.29 is 19.4 Å². The van der Waals surface area contributed by atoms with E-state index in [0.717, 1.165) is 61.8 Å². The molecule has 5 nitrogen and oxygen atoms in total. The van der Waals surface area contributed by atoms with Gasteiger partial charge in [0.1, 0.15) is 11.5 Å². The van der Waals surface area contributed by atoms with Gasteiger partial charge in [-0.1, -0.05) is 55.7 Å². The number of nitrogens with zero attached hydrogens (tertiary/aromatic N) is 1. The highest BCUT2D eigenvalue weighted by atomic mass is 16.5. The highest BCUT2D eigenvalue weighted by Crippen LogP contribution is 2.45. The van der Waals surface area contributed by atoms with Crippen LogP contribution in [0.15, 0.2) is 66.7 Å². The van der Waals surface area contributed by atoms with Crippen LogP contribution in [0.5, 0.6) is 11.5 Å². The lowest BCUT2D eigenvalue weighted by Gasteiger charge is -2.35. The van der Waals surface area contributed by atoms with E-state index in [0.29, 0.717) is 18.4 Å². The smallest absolute Gasteiger partial charge is 0.303 e. The van der Waals surface area contributed by atoms with Crippen LogP contribution in [0.2, 0.25) is 0 Å². The molecule has 6 rings (SSSR count). The third-order valence-electron chi connectivity index (χ3n) is 9.82. The number of piperidine rings is 1. The predicted molar refractivity (Wildman–Crippen MR) is 169 cm³/mol. The van der Waals surface area contributed by atoms with E-state index in [1.54, 1.807) is 7.11 Å². The van der Waals surface area contributed by atoms with Crippen molar-refractivity contribution in [3.05, 3.63) is 77.9 Å². The highest BCUT2D eigenvalue weighted by Gasteiger charge is 2.34. The van der Waals surface area contributed by atoms with E-state index in [-0.39, 0.29) is 12.3 Å². The van der Waals surface area contributed by atoms with Gasteiger partial charge in [-0.25, -0.2) is 0 Å². The third-order valence-corrected chi connectivity index (χ3v) is 9.82. The molecule has 1 N–H and O–H groups in total. The molecule has 2 saturated carbocycles. The molecule has 3 aromatic carbocycles. The van der Waals surface area contributed by atoms with Crippen LogP contribution in [-0.2, 0) is 4.79 Å². The molecule has 0 radical (unpaired) electrons. The second-order valence-electron chi connectivity index (χ2n) is 12.7. The SMILES string of the molecule is COc1ccc(-c2ccc(C3CCCCC3)cc2)c(N2CCC(COc3cccc([C@@H](CC(=O)O)C4CC4)c3)CC2)c1. The summed E-state index contributed by atoms with van der Waals surface area (Å²) < 4.78 is 11.9. The van der Waals surface area contributed by atoms with Gasteiger partial charge in [-0.2, -0.15) is 0 Å². The van der Waals surface area contributed by atoms with E-state index in [2.05, 4.69) is 59.5 Å². The zero-order valence-corrected chi connectivity index (χ0v) is 25.0. The number of benzene rings is 3. The summed E-state index contributed by atoms with van der Waals surface area (Å²) in [6, 6.07) is 24.0. The van der Waals surface area contributed by atoms with Crippen LogP contribution in [0.3, 0.4) is 0 Å². The molecule has 1 saturated heterocycles. The van der Waals surface area contributed by atoms with E-state index < -0.39 is 5.97 Å². The van der Waals surface area contributed by atoms with E-state index in [4.69, 9.17) is 9.47 Å². The van der Waals surface area contributed by atoms with Crippen LogP contribution in [0.1, 0.15) is 87.2 Å². The zero-order chi connectivity index (χ0) is 28.9. The maximum absolute atomic E-state index is 11.4. The van der Waals surface area contributed by atoms with Gasteiger partial charge in [-0.3, -0.25) is 4.79 Å². The van der Waals surface area contributed by atoms with Crippen molar-refractivity contribution in [1.82, 2.24) is 0 Å². The van der Waals surface area contributed by atoms with Crippen molar-refractivity contribution in [3.63, 3.8) is 0 Å². The second-order valence-corrected chi connectivity index (χ2v) is 12.7. The summed E-state index contributed by atoms with van der Waals surface area (Å²) in [6.07, 6.45) is 11.3. The molecular weight excluding hydrogens is 522 g/mol. The maximum atomic E-state index is 11.4. The molecule has 1 aliphatic heterocycles. The van der Waals surface area contributed by atoms with Crippen molar-refractivity contribution in [2.45, 2.75) is 76.0 Å². The summed E-state index contributed by atoms with van der Waals surface area (Å²) in [7, 11) is 1.74. The Balaban J connectivity index is 1.09. The molecule has 5 heteroatoms. The fraction of sp³-hybridized carbons (Fsp3) is 0.486. The Bertz CT molecular complexity index is 1330. The third kappa shape index (κ3) is 6.94. The normalized spacial score (nSPS) is 18.9. The Morgan fingerprint density at radius 3 is 2.33 bits per heavy atom. The standard InChI is InChI=1S/C37H45NO4/c1-41-32-16-17-34(29-12-10-28(11-13-29)27-6-3-2-4-7-27)36(23-32)38-20-18-26(19-21-38)25-42-33-9-5-8-31(22-33)35(24-37(39)40)30-14-15-30/h5,8-13,16-17,22-23,26-27,30,35H,2-4,6-7,14-15,18-21,24-25H2,1H3,(H,39,40)/t35-/m0/s1. The van der Waals surface area contributed by atoms with E-state index in [1.807, 2.05) is 12.1 Å². The lowest BCUT2D eigenvalue weighted by atomic mass is 9.83. The lowest BCUT2D eigenvalue weighted by molar-refractivity contribution is -0.137. The van der Waals surface area contributed by atoms with Crippen LogP contribution < -0.4 is 14.4 Å². The molecule has 0 spiro atoms. The first-order valence-electron chi connectivity index (χ1n) is 16.0. The number of rotatable bonds is 11. The average molecular weight is 568 g/mol. The Hall–Kier alpha value is -3.47. The summed E-state index contributed by atoms with van der Waals surface area (Å²) in [5.41, 5.74) is 6.37. The fourth-order valence-electron chi connectivity index (χ4n) is 7.15. The van der Waals surface area contributed by atoms with Crippen molar-refractivity contribution in [2.24, 2.45) is 11.8 Å². The van der Waals surface area contributed by atoms with Crippen LogP contribution in [-0.4, -0.2) is 37.9 Å². The van der Waals surface area contributed by atoms with Crippen LogP contribution in [0.4, 0.5) is 5.69 Å². The molecule has 0 amide bonds. The number of hydrogen-bond acceptors (Lipinski definition) is 4. The number of aliphatic carboxylic acids is 1. The largest absolute Gasteiger partial charge is 0.497 e. The minimum atomic E-state index is -0.722. The molecule has 0 unspecified atom stereocenters. The van der Waals surface area contributed by atoms with Gasteiger partial charge in [0.2, 0.25) is 0 Å². The van der Waals surface area contributed by atoms with Crippen molar-refractivity contribution in [2.75, 3.05) is 31.7 Å². The van der Waals surface area contributed by atoms with Gasteiger partial charge in [0.15, 0.2) is 0 Å². The zero-order valence-electron chi connectivity index (χ0n) is 25.0.